The van der Waals surface area contributed by atoms with Crippen LogP contribution in [0.5, 0.6) is 0 Å². The lowest BCUT2D eigenvalue weighted by Crippen LogP contribution is -2.36. The van der Waals surface area contributed by atoms with Gasteiger partial charge < -0.3 is 10.6 Å². The number of halogens is 1. The maximum Gasteiger partial charge on any atom is 0.254 e. The first kappa shape index (κ1) is 17.3. The summed E-state index contributed by atoms with van der Waals surface area (Å²) in [6.45, 7) is 0.0429. The average Bonchev–Trinajstić information content (AvgIpc) is 3.14. The highest BCUT2D eigenvalue weighted by atomic mass is 19.1. The van der Waals surface area contributed by atoms with Gasteiger partial charge in [-0.2, -0.15) is 5.10 Å². The Balaban J connectivity index is 1.48. The summed E-state index contributed by atoms with van der Waals surface area (Å²) in [5.74, 6) is -1.63. The normalized spacial score (nSPS) is 10.3. The third-order valence-corrected chi connectivity index (χ3v) is 3.67. The van der Waals surface area contributed by atoms with E-state index in [0.717, 1.165) is 11.3 Å². The second-order valence-corrected chi connectivity index (χ2v) is 5.57. The minimum absolute atomic E-state index is 0.0931. The van der Waals surface area contributed by atoms with Gasteiger partial charge in [-0.25, -0.2) is 9.07 Å². The molecule has 0 saturated carbocycles. The van der Waals surface area contributed by atoms with Crippen molar-refractivity contribution < 1.29 is 14.0 Å². The van der Waals surface area contributed by atoms with Crippen LogP contribution in [0.25, 0.3) is 5.69 Å². The van der Waals surface area contributed by atoms with Gasteiger partial charge in [0.1, 0.15) is 5.82 Å². The largest absolute Gasteiger partial charge is 0.350 e. The van der Waals surface area contributed by atoms with Gasteiger partial charge in [-0.15, -0.1) is 0 Å². The van der Waals surface area contributed by atoms with E-state index in [9.17, 15) is 14.0 Å². The number of benzene rings is 2. The van der Waals surface area contributed by atoms with Crippen LogP contribution >= 0.6 is 0 Å². The lowest BCUT2D eigenvalue weighted by Gasteiger charge is -2.06. The van der Waals surface area contributed by atoms with Crippen LogP contribution in [0.2, 0.25) is 0 Å². The Labute approximate surface area is 149 Å². The Hall–Kier alpha value is -3.48. The van der Waals surface area contributed by atoms with Gasteiger partial charge >= 0.3 is 0 Å². The zero-order valence-electron chi connectivity index (χ0n) is 13.9. The molecular formula is C19H17FN4O2. The molecule has 2 aromatic carbocycles. The Kier molecular flexibility index (Phi) is 5.38. The van der Waals surface area contributed by atoms with Gasteiger partial charge in [0, 0.05) is 18.3 Å². The Morgan fingerprint density at radius 2 is 1.73 bits per heavy atom. The molecule has 3 aromatic rings. The molecule has 0 spiro atoms. The summed E-state index contributed by atoms with van der Waals surface area (Å²) in [6.07, 6.45) is 3.47. The molecule has 0 aliphatic carbocycles. The van der Waals surface area contributed by atoms with E-state index >= 15 is 0 Å². The number of nitrogens with zero attached hydrogens (tertiary/aromatic N) is 2. The van der Waals surface area contributed by atoms with Crippen LogP contribution in [0.4, 0.5) is 4.39 Å². The van der Waals surface area contributed by atoms with Gasteiger partial charge in [0.15, 0.2) is 0 Å². The van der Waals surface area contributed by atoms with E-state index in [2.05, 4.69) is 15.7 Å². The molecule has 1 aromatic heterocycles. The van der Waals surface area contributed by atoms with Crippen molar-refractivity contribution >= 4 is 11.8 Å². The summed E-state index contributed by atoms with van der Waals surface area (Å²) < 4.78 is 15.2. The first-order chi connectivity index (χ1) is 12.6. The van der Waals surface area contributed by atoms with Crippen molar-refractivity contribution in [3.05, 3.63) is 83.9 Å². The van der Waals surface area contributed by atoms with Gasteiger partial charge in [0.25, 0.3) is 5.91 Å². The molecule has 132 valence electrons. The molecule has 0 bridgehead atoms. The summed E-state index contributed by atoms with van der Waals surface area (Å²) >= 11 is 0. The van der Waals surface area contributed by atoms with Crippen LogP contribution in [0.3, 0.4) is 0 Å². The number of nitrogens with one attached hydrogen (secondary N) is 2. The lowest BCUT2D eigenvalue weighted by atomic mass is 10.2. The minimum Gasteiger partial charge on any atom is -0.350 e. The molecule has 2 N–H and O–H groups in total. The quantitative estimate of drug-likeness (QED) is 0.713. The molecule has 0 aliphatic heterocycles. The third-order valence-electron chi connectivity index (χ3n) is 3.67. The fourth-order valence-electron chi connectivity index (χ4n) is 2.34. The Morgan fingerprint density at radius 1 is 1.00 bits per heavy atom. The number of hydrogen-bond acceptors (Lipinski definition) is 3. The van der Waals surface area contributed by atoms with Crippen LogP contribution < -0.4 is 10.6 Å². The van der Waals surface area contributed by atoms with E-state index in [1.54, 1.807) is 16.9 Å². The van der Waals surface area contributed by atoms with Crippen LogP contribution in [0, 0.1) is 5.82 Å². The predicted octanol–water partition coefficient (Wildman–Crippen LogP) is 2.06. The molecule has 0 fully saturated rings. The number of aromatic nitrogens is 2. The molecule has 0 unspecified atom stereocenters. The van der Waals surface area contributed by atoms with E-state index in [-0.39, 0.29) is 24.6 Å². The number of carbonyl (C=O) groups is 2. The average molecular weight is 352 g/mol. The minimum atomic E-state index is -0.629. The maximum absolute atomic E-state index is 13.5. The van der Waals surface area contributed by atoms with Gasteiger partial charge in [0.05, 0.1) is 24.0 Å². The fourth-order valence-corrected chi connectivity index (χ4v) is 2.34. The van der Waals surface area contributed by atoms with Crippen molar-refractivity contribution in [2.75, 3.05) is 6.54 Å². The molecule has 6 nitrogen and oxygen atoms in total. The van der Waals surface area contributed by atoms with Gasteiger partial charge in [0.2, 0.25) is 5.91 Å². The molecule has 2 amide bonds. The summed E-state index contributed by atoms with van der Waals surface area (Å²) in [5, 5.41) is 9.32. The summed E-state index contributed by atoms with van der Waals surface area (Å²) in [6, 6.07) is 15.2. The third kappa shape index (κ3) is 4.32. The number of carbonyl (C=O) groups excluding carboxylic acids is 2. The molecule has 0 atom stereocenters. The van der Waals surface area contributed by atoms with Crippen LogP contribution in [-0.4, -0.2) is 28.1 Å². The van der Waals surface area contributed by atoms with E-state index in [1.807, 2.05) is 36.5 Å². The molecule has 0 aliphatic rings. The maximum atomic E-state index is 13.5. The lowest BCUT2D eigenvalue weighted by molar-refractivity contribution is -0.120. The zero-order chi connectivity index (χ0) is 18.4. The molecule has 7 heteroatoms. The molecule has 26 heavy (non-hydrogen) atoms. The molecule has 0 saturated heterocycles. The number of rotatable bonds is 6. The predicted molar refractivity (Wildman–Crippen MR) is 94.1 cm³/mol. The van der Waals surface area contributed by atoms with Crippen molar-refractivity contribution in [3.63, 3.8) is 0 Å². The number of amides is 2. The van der Waals surface area contributed by atoms with E-state index in [0.29, 0.717) is 0 Å². The van der Waals surface area contributed by atoms with Crippen LogP contribution in [-0.2, 0) is 11.3 Å². The molecule has 1 heterocycles. The molecule has 3 rings (SSSR count). The molecule has 0 radical (unpaired) electrons. The van der Waals surface area contributed by atoms with Crippen LogP contribution in [0.1, 0.15) is 15.9 Å². The van der Waals surface area contributed by atoms with Crippen molar-refractivity contribution in [2.24, 2.45) is 0 Å². The first-order valence-corrected chi connectivity index (χ1v) is 8.02. The summed E-state index contributed by atoms with van der Waals surface area (Å²) in [5.41, 5.74) is 1.65. The van der Waals surface area contributed by atoms with E-state index in [1.165, 1.54) is 18.2 Å². The smallest absolute Gasteiger partial charge is 0.254 e. The van der Waals surface area contributed by atoms with Crippen molar-refractivity contribution in [1.29, 1.82) is 0 Å². The summed E-state index contributed by atoms with van der Waals surface area (Å²) in [4.78, 5) is 23.7. The van der Waals surface area contributed by atoms with Gasteiger partial charge in [-0.1, -0.05) is 30.3 Å². The summed E-state index contributed by atoms with van der Waals surface area (Å²) in [7, 11) is 0. The zero-order valence-corrected chi connectivity index (χ0v) is 13.9. The van der Waals surface area contributed by atoms with E-state index in [4.69, 9.17) is 0 Å². The monoisotopic (exact) mass is 352 g/mol. The fraction of sp³-hybridized carbons (Fsp3) is 0.105. The highest BCUT2D eigenvalue weighted by Gasteiger charge is 2.12. The topological polar surface area (TPSA) is 76.0 Å². The highest BCUT2D eigenvalue weighted by Crippen LogP contribution is 2.07. The first-order valence-electron chi connectivity index (χ1n) is 8.02. The standard InChI is InChI=1S/C19H17FN4O2/c20-17-9-5-4-8-16(17)19(26)22-12-18(25)21-10-14-11-23-24(13-14)15-6-2-1-3-7-15/h1-9,11,13H,10,12H2,(H,21,25)(H,22,26). The molecular weight excluding hydrogens is 335 g/mol. The van der Waals surface area contributed by atoms with Gasteiger partial charge in [-0.3, -0.25) is 9.59 Å². The highest BCUT2D eigenvalue weighted by molar-refractivity contribution is 5.96. The Morgan fingerprint density at radius 3 is 2.50 bits per heavy atom. The second-order valence-electron chi connectivity index (χ2n) is 5.57. The van der Waals surface area contributed by atoms with Crippen molar-refractivity contribution in [3.8, 4) is 5.69 Å². The number of para-hydroxylation sites is 1. The number of hydrogen-bond donors (Lipinski definition) is 2. The van der Waals surface area contributed by atoms with Crippen LogP contribution in [0.15, 0.2) is 67.0 Å². The second kappa shape index (κ2) is 8.06. The van der Waals surface area contributed by atoms with Crippen molar-refractivity contribution in [2.45, 2.75) is 6.54 Å². The SMILES string of the molecule is O=C(CNC(=O)c1ccccc1F)NCc1cnn(-c2ccccc2)c1. The Bertz CT molecular complexity index is 909. The van der Waals surface area contributed by atoms with Gasteiger partial charge in [-0.05, 0) is 24.3 Å². The van der Waals surface area contributed by atoms with Crippen molar-refractivity contribution in [1.82, 2.24) is 20.4 Å². The van der Waals surface area contributed by atoms with E-state index < -0.39 is 11.7 Å².